The summed E-state index contributed by atoms with van der Waals surface area (Å²) in [7, 11) is -1.81. The molecule has 152 valence electrons. The summed E-state index contributed by atoms with van der Waals surface area (Å²) in [4.78, 5) is 4.28. The maximum Gasteiger partial charge on any atom is 0.231 e. The van der Waals surface area contributed by atoms with E-state index in [0.717, 1.165) is 17.1 Å². The Labute approximate surface area is 176 Å². The van der Waals surface area contributed by atoms with Gasteiger partial charge >= 0.3 is 0 Å². The second kappa shape index (κ2) is 8.62. The van der Waals surface area contributed by atoms with Crippen LogP contribution < -0.4 is 14.9 Å². The first-order valence-electron chi connectivity index (χ1n) is 8.93. The zero-order chi connectivity index (χ0) is 21.0. The standard InChI is InChI=1S/C20H23N5O2S2/c1-15-21-11-12-25(15)19-10-5-4-7-16(19)14-22-20(28)23-17-8-6-9-18(13-17)24(2)29(3,26)27/h4-13H,14H2,1-3H3,(H2,22,23,28). The molecule has 0 spiro atoms. The molecule has 0 fully saturated rings. The van der Waals surface area contributed by atoms with Gasteiger partial charge in [0.2, 0.25) is 10.0 Å². The normalized spacial score (nSPS) is 11.1. The summed E-state index contributed by atoms with van der Waals surface area (Å²) in [6, 6.07) is 15.1. The molecule has 2 aromatic carbocycles. The number of nitrogens with one attached hydrogen (secondary N) is 2. The van der Waals surface area contributed by atoms with E-state index in [0.29, 0.717) is 23.0 Å². The second-order valence-corrected chi connectivity index (χ2v) is 8.98. The number of nitrogens with zero attached hydrogens (tertiary/aromatic N) is 3. The van der Waals surface area contributed by atoms with Crippen molar-refractivity contribution in [3.8, 4) is 5.69 Å². The van der Waals surface area contributed by atoms with Crippen LogP contribution in [0.15, 0.2) is 60.9 Å². The third-order valence-electron chi connectivity index (χ3n) is 4.48. The summed E-state index contributed by atoms with van der Waals surface area (Å²) in [6.45, 7) is 2.49. The van der Waals surface area contributed by atoms with Crippen LogP contribution in [0.5, 0.6) is 0 Å². The molecule has 3 rings (SSSR count). The van der Waals surface area contributed by atoms with E-state index >= 15 is 0 Å². The fourth-order valence-electron chi connectivity index (χ4n) is 2.85. The summed E-state index contributed by atoms with van der Waals surface area (Å²) >= 11 is 5.41. The Kier molecular flexibility index (Phi) is 6.19. The lowest BCUT2D eigenvalue weighted by Crippen LogP contribution is -2.29. The van der Waals surface area contributed by atoms with Crippen molar-refractivity contribution < 1.29 is 8.42 Å². The van der Waals surface area contributed by atoms with Gasteiger partial charge in [-0.15, -0.1) is 0 Å². The minimum Gasteiger partial charge on any atom is -0.358 e. The van der Waals surface area contributed by atoms with Crippen molar-refractivity contribution in [2.75, 3.05) is 22.9 Å². The third-order valence-corrected chi connectivity index (χ3v) is 5.93. The zero-order valence-electron chi connectivity index (χ0n) is 16.5. The molecule has 2 N–H and O–H groups in total. The fraction of sp³-hybridized carbons (Fsp3) is 0.200. The van der Waals surface area contributed by atoms with E-state index in [-0.39, 0.29) is 0 Å². The lowest BCUT2D eigenvalue weighted by Gasteiger charge is -2.18. The fourth-order valence-corrected chi connectivity index (χ4v) is 3.54. The van der Waals surface area contributed by atoms with E-state index in [9.17, 15) is 8.42 Å². The topological polar surface area (TPSA) is 79.3 Å². The molecule has 0 aliphatic carbocycles. The largest absolute Gasteiger partial charge is 0.358 e. The van der Waals surface area contributed by atoms with Gasteiger partial charge in [0.1, 0.15) is 5.82 Å². The molecule has 0 saturated heterocycles. The van der Waals surface area contributed by atoms with Crippen molar-refractivity contribution in [1.82, 2.24) is 14.9 Å². The number of hydrogen-bond donors (Lipinski definition) is 2. The molecule has 0 bridgehead atoms. The Hall–Kier alpha value is -2.91. The van der Waals surface area contributed by atoms with Crippen LogP contribution in [0.2, 0.25) is 0 Å². The highest BCUT2D eigenvalue weighted by atomic mass is 32.2. The van der Waals surface area contributed by atoms with Crippen LogP contribution in [0.3, 0.4) is 0 Å². The summed E-state index contributed by atoms with van der Waals surface area (Å²) in [5.74, 6) is 0.907. The number of benzene rings is 2. The first-order valence-corrected chi connectivity index (χ1v) is 11.2. The molecule has 0 amide bonds. The van der Waals surface area contributed by atoms with Crippen LogP contribution in [0.1, 0.15) is 11.4 Å². The van der Waals surface area contributed by atoms with Crippen molar-refractivity contribution in [3.63, 3.8) is 0 Å². The smallest absolute Gasteiger partial charge is 0.231 e. The Morgan fingerprint density at radius 1 is 1.21 bits per heavy atom. The van der Waals surface area contributed by atoms with E-state index in [1.54, 1.807) is 24.4 Å². The van der Waals surface area contributed by atoms with Gasteiger partial charge in [-0.1, -0.05) is 24.3 Å². The van der Waals surface area contributed by atoms with Crippen LogP contribution in [-0.4, -0.2) is 36.4 Å². The number of aryl methyl sites for hydroxylation is 1. The van der Waals surface area contributed by atoms with Crippen molar-refractivity contribution >= 4 is 38.7 Å². The lowest BCUT2D eigenvalue weighted by atomic mass is 10.1. The van der Waals surface area contributed by atoms with Gasteiger partial charge < -0.3 is 15.2 Å². The summed E-state index contributed by atoms with van der Waals surface area (Å²) in [6.07, 6.45) is 4.86. The number of aromatic nitrogens is 2. The molecule has 7 nitrogen and oxygen atoms in total. The first-order chi connectivity index (χ1) is 13.8. The molecule has 9 heteroatoms. The van der Waals surface area contributed by atoms with Gasteiger partial charge in [0.25, 0.3) is 0 Å². The molecule has 0 atom stereocenters. The Bertz CT molecular complexity index is 1130. The number of rotatable bonds is 6. The number of anilines is 2. The van der Waals surface area contributed by atoms with Gasteiger partial charge in [-0.25, -0.2) is 13.4 Å². The molecule has 1 aromatic heterocycles. The number of hydrogen-bond acceptors (Lipinski definition) is 4. The van der Waals surface area contributed by atoms with Gasteiger partial charge in [-0.2, -0.15) is 0 Å². The monoisotopic (exact) mass is 429 g/mol. The van der Waals surface area contributed by atoms with Crippen LogP contribution in [-0.2, 0) is 16.6 Å². The molecule has 0 aliphatic rings. The highest BCUT2D eigenvalue weighted by Crippen LogP contribution is 2.20. The van der Waals surface area contributed by atoms with E-state index in [4.69, 9.17) is 12.2 Å². The molecule has 0 radical (unpaired) electrons. The molecule has 0 aliphatic heterocycles. The zero-order valence-corrected chi connectivity index (χ0v) is 18.1. The highest BCUT2D eigenvalue weighted by molar-refractivity contribution is 7.92. The SMILES string of the molecule is Cc1nccn1-c1ccccc1CNC(=S)Nc1cccc(N(C)S(C)(=O)=O)c1. The number of thiocarbonyl (C=S) groups is 1. The minimum absolute atomic E-state index is 0.446. The quantitative estimate of drug-likeness (QED) is 0.587. The van der Waals surface area contributed by atoms with Gasteiger partial charge in [-0.3, -0.25) is 4.31 Å². The molecule has 1 heterocycles. The van der Waals surface area contributed by atoms with Gasteiger partial charge in [-0.05, 0) is 49.0 Å². The van der Waals surface area contributed by atoms with E-state index < -0.39 is 10.0 Å². The van der Waals surface area contributed by atoms with E-state index in [2.05, 4.69) is 15.6 Å². The maximum atomic E-state index is 11.7. The third kappa shape index (κ3) is 5.12. The second-order valence-electron chi connectivity index (χ2n) is 6.56. The average molecular weight is 430 g/mol. The van der Waals surface area contributed by atoms with Crippen LogP contribution in [0.4, 0.5) is 11.4 Å². The summed E-state index contributed by atoms with van der Waals surface area (Å²) in [5.41, 5.74) is 3.37. The minimum atomic E-state index is -3.33. The van der Waals surface area contributed by atoms with Crippen molar-refractivity contribution in [3.05, 3.63) is 72.3 Å². The van der Waals surface area contributed by atoms with Crippen LogP contribution in [0.25, 0.3) is 5.69 Å². The Morgan fingerprint density at radius 2 is 1.97 bits per heavy atom. The lowest BCUT2D eigenvalue weighted by molar-refractivity contribution is 0.600. The van der Waals surface area contributed by atoms with Crippen molar-refractivity contribution in [2.24, 2.45) is 0 Å². The molecular formula is C20H23N5O2S2. The van der Waals surface area contributed by atoms with Gasteiger partial charge in [0.05, 0.1) is 17.6 Å². The summed E-state index contributed by atoms with van der Waals surface area (Å²) in [5, 5.41) is 6.75. The van der Waals surface area contributed by atoms with Crippen LogP contribution >= 0.6 is 12.2 Å². The predicted molar refractivity (Wildman–Crippen MR) is 121 cm³/mol. The number of imidazole rings is 1. The Balaban J connectivity index is 1.68. The summed E-state index contributed by atoms with van der Waals surface area (Å²) < 4.78 is 26.7. The molecule has 3 aromatic rings. The average Bonchev–Trinajstić information content (AvgIpc) is 3.11. The van der Waals surface area contributed by atoms with Gasteiger partial charge in [0, 0.05) is 31.7 Å². The predicted octanol–water partition coefficient (Wildman–Crippen LogP) is 3.06. The maximum absolute atomic E-state index is 11.7. The number of sulfonamides is 1. The number of para-hydroxylation sites is 1. The van der Waals surface area contributed by atoms with E-state index in [1.165, 1.54) is 17.6 Å². The van der Waals surface area contributed by atoms with Crippen molar-refractivity contribution in [2.45, 2.75) is 13.5 Å². The molecular weight excluding hydrogens is 406 g/mol. The van der Waals surface area contributed by atoms with Crippen LogP contribution in [0, 0.1) is 6.92 Å². The van der Waals surface area contributed by atoms with Gasteiger partial charge in [0.15, 0.2) is 5.11 Å². The molecule has 29 heavy (non-hydrogen) atoms. The molecule has 0 saturated carbocycles. The molecule has 0 unspecified atom stereocenters. The first kappa shape index (κ1) is 20.8. The van der Waals surface area contributed by atoms with E-state index in [1.807, 2.05) is 48.0 Å². The Morgan fingerprint density at radius 3 is 2.66 bits per heavy atom. The highest BCUT2D eigenvalue weighted by Gasteiger charge is 2.12. The van der Waals surface area contributed by atoms with Crippen molar-refractivity contribution in [1.29, 1.82) is 0 Å².